The van der Waals surface area contributed by atoms with E-state index in [0.717, 1.165) is 42.8 Å². The first kappa shape index (κ1) is 25.3. The minimum atomic E-state index is -0.199. The molecule has 9 heteroatoms. The fraction of sp³-hybridized carbons (Fsp3) is 0.333. The van der Waals surface area contributed by atoms with Gasteiger partial charge in [0.25, 0.3) is 5.56 Å². The molecule has 1 saturated heterocycles. The summed E-state index contributed by atoms with van der Waals surface area (Å²) < 4.78 is 20.4. The number of nitrogens with one attached hydrogen (secondary N) is 1. The minimum Gasteiger partial charge on any atom is -0.378 e. The first-order valence-corrected chi connectivity index (χ1v) is 13.5. The van der Waals surface area contributed by atoms with Crippen LogP contribution in [0.2, 0.25) is 0 Å². The summed E-state index contributed by atoms with van der Waals surface area (Å²) in [6.07, 6.45) is 7.99. The fourth-order valence-electron chi connectivity index (χ4n) is 5.10. The maximum atomic E-state index is 13.6. The highest BCUT2D eigenvalue weighted by Crippen LogP contribution is 2.40. The van der Waals surface area contributed by atoms with Gasteiger partial charge in [0, 0.05) is 54.9 Å². The van der Waals surface area contributed by atoms with Gasteiger partial charge in [-0.25, -0.2) is 19.3 Å². The summed E-state index contributed by atoms with van der Waals surface area (Å²) in [6, 6.07) is 16.7. The van der Waals surface area contributed by atoms with Crippen LogP contribution in [0.1, 0.15) is 30.0 Å². The second kappa shape index (κ2) is 11.4. The molecule has 8 nitrogen and oxygen atoms in total. The largest absolute Gasteiger partial charge is 0.378 e. The van der Waals surface area contributed by atoms with Crippen LogP contribution in [0.4, 0.5) is 10.2 Å². The Labute approximate surface area is 226 Å². The summed E-state index contributed by atoms with van der Waals surface area (Å²) in [5, 5.41) is 3.62. The number of rotatable bonds is 9. The molecule has 0 unspecified atom stereocenters. The molecule has 2 aromatic heterocycles. The van der Waals surface area contributed by atoms with Crippen LogP contribution in [-0.2, 0) is 11.2 Å². The molecule has 1 aliphatic heterocycles. The molecular formula is C30H31FN6O2. The minimum absolute atomic E-state index is 0.136. The van der Waals surface area contributed by atoms with E-state index in [1.165, 1.54) is 17.7 Å². The van der Waals surface area contributed by atoms with Gasteiger partial charge in [0.1, 0.15) is 5.82 Å². The van der Waals surface area contributed by atoms with E-state index >= 15 is 0 Å². The molecule has 2 aromatic carbocycles. The highest BCUT2D eigenvalue weighted by Gasteiger charge is 2.37. The van der Waals surface area contributed by atoms with E-state index in [9.17, 15) is 9.18 Å². The van der Waals surface area contributed by atoms with Gasteiger partial charge < -0.3 is 15.0 Å². The van der Waals surface area contributed by atoms with Gasteiger partial charge in [-0.05, 0) is 73.8 Å². The lowest BCUT2D eigenvalue weighted by molar-refractivity contribution is 0.122. The van der Waals surface area contributed by atoms with Gasteiger partial charge in [0.05, 0.1) is 18.9 Å². The molecule has 200 valence electrons. The van der Waals surface area contributed by atoms with Crippen LogP contribution in [0.15, 0.2) is 78.0 Å². The number of benzene rings is 2. The Morgan fingerprint density at radius 2 is 1.74 bits per heavy atom. The summed E-state index contributed by atoms with van der Waals surface area (Å²) in [5.74, 6) is 1.36. The monoisotopic (exact) mass is 526 g/mol. The van der Waals surface area contributed by atoms with Gasteiger partial charge in [-0.15, -0.1) is 0 Å². The zero-order chi connectivity index (χ0) is 26.6. The van der Waals surface area contributed by atoms with Crippen molar-refractivity contribution in [3.8, 4) is 17.1 Å². The number of nitrogens with zero attached hydrogens (tertiary/aromatic N) is 5. The summed E-state index contributed by atoms with van der Waals surface area (Å²) in [6.45, 7) is 3.30. The van der Waals surface area contributed by atoms with Crippen molar-refractivity contribution in [2.75, 3.05) is 37.7 Å². The van der Waals surface area contributed by atoms with E-state index in [2.05, 4.69) is 15.3 Å². The Balaban J connectivity index is 1.16. The Morgan fingerprint density at radius 3 is 2.49 bits per heavy atom. The topological polar surface area (TPSA) is 85.2 Å². The third-order valence-corrected chi connectivity index (χ3v) is 7.32. The van der Waals surface area contributed by atoms with Gasteiger partial charge in [-0.2, -0.15) is 0 Å². The zero-order valence-electron chi connectivity index (χ0n) is 21.7. The molecule has 3 heterocycles. The van der Waals surface area contributed by atoms with E-state index < -0.39 is 0 Å². The van der Waals surface area contributed by atoms with Gasteiger partial charge in [-0.1, -0.05) is 12.1 Å². The van der Waals surface area contributed by atoms with Crippen molar-refractivity contribution in [3.05, 3.63) is 101 Å². The number of morpholine rings is 1. The average molecular weight is 527 g/mol. The van der Waals surface area contributed by atoms with E-state index in [0.29, 0.717) is 49.9 Å². The molecule has 1 aliphatic carbocycles. The number of anilines is 1. The molecule has 2 fully saturated rings. The molecule has 0 bridgehead atoms. The fourth-order valence-corrected chi connectivity index (χ4v) is 5.10. The SMILES string of the molecule is O=c1c(N2CCOCC2)nc(CCCN[C@@H]2C[C@H]2c2ccc(F)cc2)cn1-c1ccc(-c2ncccn2)cc1. The van der Waals surface area contributed by atoms with Crippen LogP contribution < -0.4 is 15.8 Å². The summed E-state index contributed by atoms with van der Waals surface area (Å²) in [4.78, 5) is 29.0. The van der Waals surface area contributed by atoms with Crippen molar-refractivity contribution in [2.45, 2.75) is 31.2 Å². The molecular weight excluding hydrogens is 495 g/mol. The van der Waals surface area contributed by atoms with Crippen LogP contribution in [0.5, 0.6) is 0 Å². The summed E-state index contributed by atoms with van der Waals surface area (Å²) >= 11 is 0. The Bertz CT molecular complexity index is 1450. The number of hydrogen-bond acceptors (Lipinski definition) is 7. The van der Waals surface area contributed by atoms with Gasteiger partial charge >= 0.3 is 0 Å². The second-order valence-electron chi connectivity index (χ2n) is 10.0. The third kappa shape index (κ3) is 5.89. The second-order valence-corrected chi connectivity index (χ2v) is 10.0. The highest BCUT2D eigenvalue weighted by molar-refractivity contribution is 5.57. The van der Waals surface area contributed by atoms with Crippen LogP contribution in [0, 0.1) is 5.82 Å². The van der Waals surface area contributed by atoms with E-state index in [4.69, 9.17) is 9.72 Å². The third-order valence-electron chi connectivity index (χ3n) is 7.32. The lowest BCUT2D eigenvalue weighted by Gasteiger charge is -2.28. The quantitative estimate of drug-likeness (QED) is 0.333. The molecule has 2 atom stereocenters. The van der Waals surface area contributed by atoms with Gasteiger partial charge in [-0.3, -0.25) is 9.36 Å². The maximum absolute atomic E-state index is 13.6. The molecule has 1 N–H and O–H groups in total. The molecule has 39 heavy (non-hydrogen) atoms. The van der Waals surface area contributed by atoms with E-state index in [1.807, 2.05) is 47.5 Å². The van der Waals surface area contributed by atoms with Crippen LogP contribution >= 0.6 is 0 Å². The van der Waals surface area contributed by atoms with E-state index in [-0.39, 0.29) is 11.4 Å². The Kier molecular flexibility index (Phi) is 7.42. The van der Waals surface area contributed by atoms with E-state index in [1.54, 1.807) is 23.0 Å². The summed E-state index contributed by atoms with van der Waals surface area (Å²) in [5.41, 5.74) is 3.58. The molecule has 4 aromatic rings. The number of aromatic nitrogens is 4. The van der Waals surface area contributed by atoms with Crippen molar-refractivity contribution in [3.63, 3.8) is 0 Å². The normalized spacial score (nSPS) is 18.7. The maximum Gasteiger partial charge on any atom is 0.298 e. The Hall–Kier alpha value is -3.95. The molecule has 6 rings (SSSR count). The van der Waals surface area contributed by atoms with Crippen molar-refractivity contribution >= 4 is 5.82 Å². The molecule has 0 spiro atoms. The number of ether oxygens (including phenoxy) is 1. The average Bonchev–Trinajstić information content (AvgIpc) is 3.77. The predicted octanol–water partition coefficient (Wildman–Crippen LogP) is 3.74. The predicted molar refractivity (Wildman–Crippen MR) is 148 cm³/mol. The Morgan fingerprint density at radius 1 is 1.00 bits per heavy atom. The molecule has 0 amide bonds. The first-order chi connectivity index (χ1) is 19.2. The molecule has 0 radical (unpaired) electrons. The van der Waals surface area contributed by atoms with Gasteiger partial charge in [0.2, 0.25) is 0 Å². The lowest BCUT2D eigenvalue weighted by atomic mass is 10.1. The zero-order valence-corrected chi connectivity index (χ0v) is 21.7. The summed E-state index contributed by atoms with van der Waals surface area (Å²) in [7, 11) is 0. The number of aryl methyl sites for hydroxylation is 1. The van der Waals surface area contributed by atoms with Crippen LogP contribution in [0.3, 0.4) is 0 Å². The van der Waals surface area contributed by atoms with Crippen LogP contribution in [-0.4, -0.2) is 58.4 Å². The van der Waals surface area contributed by atoms with Crippen molar-refractivity contribution < 1.29 is 9.13 Å². The van der Waals surface area contributed by atoms with Crippen molar-refractivity contribution in [1.29, 1.82) is 0 Å². The first-order valence-electron chi connectivity index (χ1n) is 13.5. The highest BCUT2D eigenvalue weighted by atomic mass is 19.1. The van der Waals surface area contributed by atoms with Gasteiger partial charge in [0.15, 0.2) is 11.6 Å². The smallest absolute Gasteiger partial charge is 0.298 e. The molecule has 2 aliphatic rings. The number of halogens is 1. The molecule has 1 saturated carbocycles. The van der Waals surface area contributed by atoms with Crippen LogP contribution in [0.25, 0.3) is 17.1 Å². The van der Waals surface area contributed by atoms with Crippen molar-refractivity contribution in [2.24, 2.45) is 0 Å². The van der Waals surface area contributed by atoms with Crippen molar-refractivity contribution in [1.82, 2.24) is 24.8 Å². The number of hydrogen-bond donors (Lipinski definition) is 1. The lowest BCUT2D eigenvalue weighted by Crippen LogP contribution is -2.41. The standard InChI is InChI=1S/C30H31FN6O2/c31-23-8-4-21(5-9-23)26-19-27(26)32-12-1-3-24-20-37(30(38)29(35-24)36-15-17-39-18-16-36)25-10-6-22(7-11-25)28-33-13-2-14-34-28/h2,4-11,13-14,20,26-27,32H,1,3,12,15-19H2/t26-,27+/m0/s1.